The Kier molecular flexibility index (Phi) is 7.58. The predicted octanol–water partition coefficient (Wildman–Crippen LogP) is 2.12. The topological polar surface area (TPSA) is 152 Å². The number of nitrogens with zero attached hydrogens (tertiary/aromatic N) is 1. The number of rotatable bonds is 8. The third-order valence-corrected chi connectivity index (χ3v) is 4.66. The molecule has 0 aliphatic heterocycles. The van der Waals surface area contributed by atoms with Crippen LogP contribution >= 0.6 is 0 Å². The molecule has 0 saturated carbocycles. The number of ether oxygens (including phenoxy) is 2. The second kappa shape index (κ2) is 10.8. The van der Waals surface area contributed by atoms with E-state index in [1.165, 1.54) is 32.4 Å². The Morgan fingerprint density at radius 2 is 1.58 bits per heavy atom. The summed E-state index contributed by atoms with van der Waals surface area (Å²) < 4.78 is 9.35. The molecule has 0 bridgehead atoms. The summed E-state index contributed by atoms with van der Waals surface area (Å²) in [6.45, 7) is 0.828. The van der Waals surface area contributed by atoms with Crippen molar-refractivity contribution in [2.45, 2.75) is 6.42 Å². The van der Waals surface area contributed by atoms with Crippen LogP contribution in [0.4, 0.5) is 16.3 Å². The summed E-state index contributed by atoms with van der Waals surface area (Å²) in [5, 5.41) is 16.1. The van der Waals surface area contributed by atoms with Gasteiger partial charge in [-0.1, -0.05) is 18.2 Å². The van der Waals surface area contributed by atoms with Crippen molar-refractivity contribution in [3.05, 3.63) is 63.9 Å². The number of benzene rings is 2. The van der Waals surface area contributed by atoms with Gasteiger partial charge in [0.25, 0.3) is 5.56 Å². The molecule has 2 aromatic carbocycles. The van der Waals surface area contributed by atoms with Crippen LogP contribution in [-0.2, 0) is 9.47 Å². The van der Waals surface area contributed by atoms with E-state index in [-0.39, 0.29) is 22.4 Å². The van der Waals surface area contributed by atoms with Gasteiger partial charge < -0.3 is 25.4 Å². The zero-order valence-corrected chi connectivity index (χ0v) is 18.1. The fraction of sp³-hybridized carbons (Fsp3) is 0.227. The molecule has 1 heterocycles. The monoisotopic (exact) mass is 453 g/mol. The van der Waals surface area contributed by atoms with Gasteiger partial charge in [0, 0.05) is 24.2 Å². The van der Waals surface area contributed by atoms with Crippen molar-refractivity contribution in [1.29, 1.82) is 0 Å². The molecule has 1 aromatic heterocycles. The van der Waals surface area contributed by atoms with Crippen LogP contribution in [0.5, 0.6) is 0 Å². The van der Waals surface area contributed by atoms with Crippen LogP contribution in [0.2, 0.25) is 0 Å². The molecule has 3 aromatic rings. The van der Waals surface area contributed by atoms with Crippen molar-refractivity contribution in [3.63, 3.8) is 0 Å². The first-order chi connectivity index (χ1) is 15.9. The highest BCUT2D eigenvalue weighted by atomic mass is 16.5. The molecule has 0 fully saturated rings. The number of amides is 2. The Bertz CT molecular complexity index is 1210. The lowest BCUT2D eigenvalue weighted by molar-refractivity contribution is 0.0599. The number of carbonyl (C=O) groups excluding carboxylic acids is 3. The maximum absolute atomic E-state index is 12.2. The van der Waals surface area contributed by atoms with Gasteiger partial charge in [0.15, 0.2) is 5.82 Å². The number of hydrogen-bond donors (Lipinski definition) is 4. The summed E-state index contributed by atoms with van der Waals surface area (Å²) in [6, 6.07) is 10.7. The quantitative estimate of drug-likeness (QED) is 0.299. The van der Waals surface area contributed by atoms with E-state index < -0.39 is 18.0 Å². The number of carbonyl (C=O) groups is 3. The summed E-state index contributed by atoms with van der Waals surface area (Å²) in [5.41, 5.74) is 0.167. The van der Waals surface area contributed by atoms with Crippen molar-refractivity contribution in [2.24, 2.45) is 0 Å². The van der Waals surface area contributed by atoms with Gasteiger partial charge in [0.2, 0.25) is 0 Å². The van der Waals surface area contributed by atoms with Gasteiger partial charge in [-0.15, -0.1) is 0 Å². The van der Waals surface area contributed by atoms with Crippen molar-refractivity contribution in [3.8, 4) is 0 Å². The second-order valence-electron chi connectivity index (χ2n) is 6.89. The van der Waals surface area contributed by atoms with Crippen molar-refractivity contribution in [2.75, 3.05) is 37.9 Å². The maximum atomic E-state index is 12.2. The average molecular weight is 453 g/mol. The Morgan fingerprint density at radius 3 is 2.21 bits per heavy atom. The lowest BCUT2D eigenvalue weighted by atomic mass is 10.1. The second-order valence-corrected chi connectivity index (χ2v) is 6.89. The molecule has 33 heavy (non-hydrogen) atoms. The smallest absolute Gasteiger partial charge is 0.337 e. The molecule has 0 aliphatic rings. The summed E-state index contributed by atoms with van der Waals surface area (Å²) in [6.07, 6.45) is 0.568. The van der Waals surface area contributed by atoms with Gasteiger partial charge in [0.05, 0.1) is 30.7 Å². The molecule has 0 radical (unpaired) electrons. The van der Waals surface area contributed by atoms with Gasteiger partial charge in [-0.3, -0.25) is 4.79 Å². The molecule has 4 N–H and O–H groups in total. The van der Waals surface area contributed by atoms with E-state index in [0.29, 0.717) is 36.1 Å². The lowest BCUT2D eigenvalue weighted by Crippen LogP contribution is -2.30. The third kappa shape index (κ3) is 5.85. The number of fused-ring (bicyclic) bond motifs is 1. The molecule has 2 amide bonds. The van der Waals surface area contributed by atoms with Crippen LogP contribution in [0, 0.1) is 0 Å². The summed E-state index contributed by atoms with van der Waals surface area (Å²) in [5.74, 6) is -0.762. The number of aromatic nitrogens is 2. The van der Waals surface area contributed by atoms with Gasteiger partial charge in [-0.25, -0.2) is 19.5 Å². The molecule has 11 nitrogen and oxygen atoms in total. The van der Waals surface area contributed by atoms with E-state index in [9.17, 15) is 19.2 Å². The van der Waals surface area contributed by atoms with Gasteiger partial charge in [-0.2, -0.15) is 5.10 Å². The molecule has 0 atom stereocenters. The van der Waals surface area contributed by atoms with Crippen LogP contribution in [0.1, 0.15) is 27.1 Å². The Labute approximate surface area is 188 Å². The Balaban J connectivity index is 1.54. The van der Waals surface area contributed by atoms with E-state index in [4.69, 9.17) is 0 Å². The van der Waals surface area contributed by atoms with Crippen molar-refractivity contribution < 1.29 is 23.9 Å². The molecule has 3 rings (SSSR count). The highest BCUT2D eigenvalue weighted by molar-refractivity contribution is 5.99. The van der Waals surface area contributed by atoms with Crippen LogP contribution < -0.4 is 21.5 Å². The number of urea groups is 1. The number of aromatic amines is 1. The molecule has 172 valence electrons. The first-order valence-electron chi connectivity index (χ1n) is 10.0. The number of H-pyrrole nitrogens is 1. The number of methoxy groups -OCH3 is 2. The molecule has 0 saturated heterocycles. The Hall–Kier alpha value is -4.41. The number of hydrogen-bond acceptors (Lipinski definition) is 8. The molecule has 0 spiro atoms. The summed E-state index contributed by atoms with van der Waals surface area (Å²) in [7, 11) is 2.43. The van der Waals surface area contributed by atoms with E-state index in [2.05, 4.69) is 35.6 Å². The van der Waals surface area contributed by atoms with E-state index in [1.54, 1.807) is 18.2 Å². The van der Waals surface area contributed by atoms with E-state index in [1.807, 2.05) is 6.07 Å². The number of esters is 2. The maximum Gasteiger partial charge on any atom is 0.337 e. The molecular formula is C22H23N5O6. The van der Waals surface area contributed by atoms with E-state index >= 15 is 0 Å². The first kappa shape index (κ1) is 23.3. The van der Waals surface area contributed by atoms with Crippen LogP contribution in [-0.4, -0.2) is 55.5 Å². The van der Waals surface area contributed by atoms with Crippen LogP contribution in [0.3, 0.4) is 0 Å². The normalized spacial score (nSPS) is 10.4. The van der Waals surface area contributed by atoms with Gasteiger partial charge >= 0.3 is 18.0 Å². The largest absolute Gasteiger partial charge is 0.465 e. The summed E-state index contributed by atoms with van der Waals surface area (Å²) >= 11 is 0. The minimum atomic E-state index is -0.654. The zero-order chi connectivity index (χ0) is 23.8. The van der Waals surface area contributed by atoms with Gasteiger partial charge in [-0.05, 0) is 30.7 Å². The minimum absolute atomic E-state index is 0.0977. The van der Waals surface area contributed by atoms with Crippen LogP contribution in [0.15, 0.2) is 47.3 Å². The predicted molar refractivity (Wildman–Crippen MR) is 122 cm³/mol. The number of anilines is 2. The highest BCUT2D eigenvalue weighted by Crippen LogP contribution is 2.18. The van der Waals surface area contributed by atoms with Crippen molar-refractivity contribution in [1.82, 2.24) is 15.5 Å². The molecule has 0 aliphatic carbocycles. The molecule has 11 heteroatoms. The fourth-order valence-corrected chi connectivity index (χ4v) is 3.09. The Morgan fingerprint density at radius 1 is 0.939 bits per heavy atom. The molecular weight excluding hydrogens is 430 g/mol. The first-order valence-corrected chi connectivity index (χ1v) is 10.0. The zero-order valence-electron chi connectivity index (χ0n) is 18.1. The van der Waals surface area contributed by atoms with Crippen LogP contribution in [0.25, 0.3) is 10.8 Å². The summed E-state index contributed by atoms with van der Waals surface area (Å²) in [4.78, 5) is 47.7. The minimum Gasteiger partial charge on any atom is -0.465 e. The van der Waals surface area contributed by atoms with Gasteiger partial charge in [0.1, 0.15) is 0 Å². The standard InChI is InChI=1S/C22H23N5O6/c1-32-20(29)13-10-14(21(30)33-2)12-15(11-13)25-22(31)24-9-5-8-23-18-16-6-3-4-7-17(16)19(28)27-26-18/h3-4,6-7,10-12H,5,8-9H2,1-2H3,(H,23,26)(H,27,28)(H2,24,25,31). The SMILES string of the molecule is COC(=O)c1cc(NC(=O)NCCCNc2n[nH]c(=O)c3ccccc23)cc(C(=O)OC)c1. The average Bonchev–Trinajstić information content (AvgIpc) is 2.84. The molecule has 0 unspecified atom stereocenters. The van der Waals surface area contributed by atoms with Crippen molar-refractivity contribution >= 4 is 40.2 Å². The number of nitrogens with one attached hydrogen (secondary N) is 4. The van der Waals surface area contributed by atoms with E-state index in [0.717, 1.165) is 0 Å². The lowest BCUT2D eigenvalue weighted by Gasteiger charge is -2.11. The fourth-order valence-electron chi connectivity index (χ4n) is 3.09. The highest BCUT2D eigenvalue weighted by Gasteiger charge is 2.15. The third-order valence-electron chi connectivity index (χ3n) is 4.66.